The lowest BCUT2D eigenvalue weighted by atomic mass is 10.1. The number of anilines is 2. The highest BCUT2D eigenvalue weighted by Crippen LogP contribution is 2.29. The molecule has 1 aliphatic rings. The second kappa shape index (κ2) is 8.42. The van der Waals surface area contributed by atoms with Crippen LogP contribution in [0.2, 0.25) is 0 Å². The number of nitrogens with two attached hydrogens (primary N) is 1. The first-order valence-electron chi connectivity index (χ1n) is 8.78. The summed E-state index contributed by atoms with van der Waals surface area (Å²) in [6.07, 6.45) is -1.14. The molecule has 1 heterocycles. The highest BCUT2D eigenvalue weighted by Gasteiger charge is 2.31. The number of fused-ring (bicyclic) bond motifs is 1. The number of esters is 1. The lowest BCUT2D eigenvalue weighted by Gasteiger charge is -2.30. The van der Waals surface area contributed by atoms with E-state index >= 15 is 0 Å². The van der Waals surface area contributed by atoms with E-state index in [9.17, 15) is 19.2 Å². The van der Waals surface area contributed by atoms with Gasteiger partial charge in [-0.2, -0.15) is 0 Å². The van der Waals surface area contributed by atoms with Gasteiger partial charge >= 0.3 is 5.97 Å². The van der Waals surface area contributed by atoms with Crippen LogP contribution < -0.4 is 20.7 Å². The van der Waals surface area contributed by atoms with E-state index in [1.807, 2.05) is 0 Å². The average molecular weight is 397 g/mol. The van der Waals surface area contributed by atoms with Crippen LogP contribution in [0.15, 0.2) is 48.5 Å². The van der Waals surface area contributed by atoms with Crippen molar-refractivity contribution in [3.8, 4) is 5.75 Å². The summed E-state index contributed by atoms with van der Waals surface area (Å²) in [7, 11) is 0. The highest BCUT2D eigenvalue weighted by molar-refractivity contribution is 6.11. The molecular formula is C20H19N3O6. The lowest BCUT2D eigenvalue weighted by Crippen LogP contribution is -2.47. The molecule has 9 nitrogen and oxygen atoms in total. The zero-order valence-electron chi connectivity index (χ0n) is 15.6. The molecule has 0 radical (unpaired) electrons. The fraction of sp³-hybridized carbons (Fsp3) is 0.200. The minimum absolute atomic E-state index is 0.125. The van der Waals surface area contributed by atoms with Crippen LogP contribution in [0, 0.1) is 0 Å². The maximum atomic E-state index is 12.7. The van der Waals surface area contributed by atoms with Crippen LogP contribution >= 0.6 is 0 Å². The zero-order chi connectivity index (χ0) is 21.0. The summed E-state index contributed by atoms with van der Waals surface area (Å²) in [5.41, 5.74) is 6.40. The van der Waals surface area contributed by atoms with Crippen molar-refractivity contribution in [2.24, 2.45) is 5.73 Å². The molecule has 3 N–H and O–H groups in total. The molecule has 0 fully saturated rings. The van der Waals surface area contributed by atoms with E-state index in [-0.39, 0.29) is 23.8 Å². The molecule has 2 aromatic carbocycles. The van der Waals surface area contributed by atoms with E-state index in [4.69, 9.17) is 15.2 Å². The van der Waals surface area contributed by atoms with Crippen molar-refractivity contribution >= 4 is 35.1 Å². The molecule has 3 rings (SSSR count). The fourth-order valence-corrected chi connectivity index (χ4v) is 2.86. The van der Waals surface area contributed by atoms with Gasteiger partial charge in [0.2, 0.25) is 5.91 Å². The molecule has 0 unspecified atom stereocenters. The molecule has 0 aromatic heterocycles. The predicted molar refractivity (Wildman–Crippen MR) is 103 cm³/mol. The molecule has 0 aliphatic carbocycles. The van der Waals surface area contributed by atoms with Crippen LogP contribution in [0.1, 0.15) is 17.3 Å². The summed E-state index contributed by atoms with van der Waals surface area (Å²) >= 11 is 0. The second-order valence-corrected chi connectivity index (χ2v) is 6.27. The van der Waals surface area contributed by atoms with E-state index in [0.29, 0.717) is 11.4 Å². The largest absolute Gasteiger partial charge is 0.481 e. The molecule has 0 bridgehead atoms. The molecular weight excluding hydrogens is 378 g/mol. The van der Waals surface area contributed by atoms with Crippen LogP contribution in [0.5, 0.6) is 5.75 Å². The van der Waals surface area contributed by atoms with E-state index in [0.717, 1.165) is 0 Å². The summed E-state index contributed by atoms with van der Waals surface area (Å²) < 4.78 is 10.4. The number of carbonyl (C=O) groups excluding carboxylic acids is 4. The first-order chi connectivity index (χ1) is 13.9. The standard InChI is InChI=1S/C20H19N3O6/c1-12(20(27)23-10-17(24)22-14-7-3-4-8-15(14)23)29-18(25)11-28-16-9-5-2-6-13(16)19(21)26/h2-9,12H,10-11H2,1H3,(H2,21,26)(H,22,24)/t12-/m0/s1. The molecule has 2 aromatic rings. The smallest absolute Gasteiger partial charge is 0.344 e. The van der Waals surface area contributed by atoms with Crippen LogP contribution in [0.3, 0.4) is 0 Å². The quantitative estimate of drug-likeness (QED) is 0.702. The lowest BCUT2D eigenvalue weighted by molar-refractivity contribution is -0.155. The third kappa shape index (κ3) is 4.52. The predicted octanol–water partition coefficient (Wildman–Crippen LogP) is 1.08. The van der Waals surface area contributed by atoms with Gasteiger partial charge in [-0.05, 0) is 31.2 Å². The Labute approximate surface area is 166 Å². The van der Waals surface area contributed by atoms with Crippen LogP contribution in [-0.2, 0) is 19.1 Å². The molecule has 150 valence electrons. The third-order valence-corrected chi connectivity index (χ3v) is 4.19. The van der Waals surface area contributed by atoms with Crippen molar-refractivity contribution in [2.75, 3.05) is 23.4 Å². The Morgan fingerprint density at radius 3 is 2.59 bits per heavy atom. The normalized spacial score (nSPS) is 13.7. The topological polar surface area (TPSA) is 128 Å². The van der Waals surface area contributed by atoms with E-state index in [1.165, 1.54) is 24.0 Å². The Morgan fingerprint density at radius 2 is 1.83 bits per heavy atom. The first kappa shape index (κ1) is 19.9. The number of hydrogen-bond acceptors (Lipinski definition) is 6. The average Bonchev–Trinajstić information content (AvgIpc) is 2.71. The van der Waals surface area contributed by atoms with Gasteiger partial charge < -0.3 is 20.5 Å². The Bertz CT molecular complexity index is 974. The van der Waals surface area contributed by atoms with Gasteiger partial charge in [0.15, 0.2) is 12.7 Å². The van der Waals surface area contributed by atoms with Gasteiger partial charge in [0.1, 0.15) is 12.3 Å². The zero-order valence-corrected chi connectivity index (χ0v) is 15.6. The Kier molecular flexibility index (Phi) is 5.77. The summed E-state index contributed by atoms with van der Waals surface area (Å²) in [5, 5.41) is 2.68. The van der Waals surface area contributed by atoms with Gasteiger partial charge in [0.25, 0.3) is 11.8 Å². The number of hydrogen-bond donors (Lipinski definition) is 2. The number of nitrogens with one attached hydrogen (secondary N) is 1. The van der Waals surface area contributed by atoms with Crippen LogP contribution in [0.25, 0.3) is 0 Å². The number of para-hydroxylation sites is 3. The third-order valence-electron chi connectivity index (χ3n) is 4.19. The monoisotopic (exact) mass is 397 g/mol. The molecule has 0 saturated carbocycles. The number of carbonyl (C=O) groups is 4. The van der Waals surface area contributed by atoms with Gasteiger partial charge in [-0.3, -0.25) is 19.3 Å². The van der Waals surface area contributed by atoms with Crippen molar-refractivity contribution in [2.45, 2.75) is 13.0 Å². The number of rotatable bonds is 6. The molecule has 3 amide bonds. The van der Waals surface area contributed by atoms with Gasteiger partial charge in [-0.25, -0.2) is 4.79 Å². The molecule has 29 heavy (non-hydrogen) atoms. The van der Waals surface area contributed by atoms with Crippen molar-refractivity contribution in [3.63, 3.8) is 0 Å². The van der Waals surface area contributed by atoms with Crippen molar-refractivity contribution in [3.05, 3.63) is 54.1 Å². The molecule has 0 saturated heterocycles. The number of benzene rings is 2. The SMILES string of the molecule is C[C@H](OC(=O)COc1ccccc1C(N)=O)C(=O)N1CC(=O)Nc2ccccc21. The number of amides is 3. The molecule has 9 heteroatoms. The van der Waals surface area contributed by atoms with Crippen molar-refractivity contribution < 1.29 is 28.7 Å². The Morgan fingerprint density at radius 1 is 1.14 bits per heavy atom. The minimum Gasteiger partial charge on any atom is -0.481 e. The molecule has 1 atom stereocenters. The Balaban J connectivity index is 1.62. The fourth-order valence-electron chi connectivity index (χ4n) is 2.86. The number of nitrogens with zero attached hydrogens (tertiary/aromatic N) is 1. The maximum absolute atomic E-state index is 12.7. The van der Waals surface area contributed by atoms with Gasteiger partial charge in [-0.1, -0.05) is 24.3 Å². The van der Waals surface area contributed by atoms with Crippen LogP contribution in [0.4, 0.5) is 11.4 Å². The van der Waals surface area contributed by atoms with E-state index in [1.54, 1.807) is 36.4 Å². The van der Waals surface area contributed by atoms with Gasteiger partial charge in [0.05, 0.1) is 16.9 Å². The van der Waals surface area contributed by atoms with Gasteiger partial charge in [0, 0.05) is 0 Å². The Hall–Kier alpha value is -3.88. The summed E-state index contributed by atoms with van der Waals surface area (Å²) in [5.74, 6) is -2.25. The minimum atomic E-state index is -1.14. The van der Waals surface area contributed by atoms with E-state index < -0.39 is 30.5 Å². The molecule has 0 spiro atoms. The van der Waals surface area contributed by atoms with Crippen molar-refractivity contribution in [1.29, 1.82) is 0 Å². The van der Waals surface area contributed by atoms with Gasteiger partial charge in [-0.15, -0.1) is 0 Å². The summed E-state index contributed by atoms with van der Waals surface area (Å²) in [4.78, 5) is 49.3. The second-order valence-electron chi connectivity index (χ2n) is 6.27. The first-order valence-corrected chi connectivity index (χ1v) is 8.78. The maximum Gasteiger partial charge on any atom is 0.344 e. The van der Waals surface area contributed by atoms with E-state index in [2.05, 4.69) is 5.32 Å². The van der Waals surface area contributed by atoms with Crippen LogP contribution in [-0.4, -0.2) is 42.9 Å². The number of ether oxygens (including phenoxy) is 2. The summed E-state index contributed by atoms with van der Waals surface area (Å²) in [6, 6.07) is 13.0. The molecule has 1 aliphatic heterocycles. The highest BCUT2D eigenvalue weighted by atomic mass is 16.6. The van der Waals surface area contributed by atoms with Crippen molar-refractivity contribution in [1.82, 2.24) is 0 Å². The number of primary amides is 1. The summed E-state index contributed by atoms with van der Waals surface area (Å²) in [6.45, 7) is 0.714.